The molecule has 1 aromatic rings. The van der Waals surface area contributed by atoms with Gasteiger partial charge in [0.25, 0.3) is 0 Å². The second-order valence-corrected chi connectivity index (χ2v) is 4.99. The summed E-state index contributed by atoms with van der Waals surface area (Å²) in [4.78, 5) is 13.5. The Kier molecular flexibility index (Phi) is 4.27. The van der Waals surface area contributed by atoms with Crippen LogP contribution in [-0.4, -0.2) is 42.9 Å². The number of carbonyl (C=O) groups excluding carboxylic acids is 1. The largest absolute Gasteiger partial charge is 0.491 e. The molecule has 2 rings (SSSR count). The first-order valence-electron chi connectivity index (χ1n) is 6.50. The zero-order valence-corrected chi connectivity index (χ0v) is 11.3. The summed E-state index contributed by atoms with van der Waals surface area (Å²) in [6.45, 7) is 4.85. The van der Waals surface area contributed by atoms with E-state index < -0.39 is 0 Å². The summed E-state index contributed by atoms with van der Waals surface area (Å²) in [6.07, 6.45) is 0.144. The molecule has 1 heterocycles. The van der Waals surface area contributed by atoms with Gasteiger partial charge in [-0.25, -0.2) is 0 Å². The van der Waals surface area contributed by atoms with E-state index in [0.29, 0.717) is 13.1 Å². The van der Waals surface area contributed by atoms with Crippen LogP contribution in [0, 0.1) is 0 Å². The van der Waals surface area contributed by atoms with Crippen LogP contribution in [0.15, 0.2) is 24.3 Å². The van der Waals surface area contributed by atoms with E-state index in [-0.39, 0.29) is 24.7 Å². The number of hydrogen-bond donors (Lipinski definition) is 2. The molecule has 0 saturated carbocycles. The highest BCUT2D eigenvalue weighted by atomic mass is 16.5. The maximum Gasteiger partial charge on any atom is 0.239 e. The topological polar surface area (TPSA) is 61.8 Å². The Labute approximate surface area is 113 Å². The van der Waals surface area contributed by atoms with E-state index in [0.717, 1.165) is 11.4 Å². The lowest BCUT2D eigenvalue weighted by molar-refractivity contribution is -0.121. The number of ether oxygens (including phenoxy) is 1. The van der Waals surface area contributed by atoms with Crippen molar-refractivity contribution < 1.29 is 14.6 Å². The van der Waals surface area contributed by atoms with E-state index in [9.17, 15) is 4.79 Å². The monoisotopic (exact) mass is 264 g/mol. The first-order valence-corrected chi connectivity index (χ1v) is 6.50. The lowest BCUT2D eigenvalue weighted by atomic mass is 10.2. The van der Waals surface area contributed by atoms with Gasteiger partial charge in [-0.3, -0.25) is 4.79 Å². The highest BCUT2D eigenvalue weighted by Gasteiger charge is 2.24. The van der Waals surface area contributed by atoms with Gasteiger partial charge in [-0.1, -0.05) is 0 Å². The van der Waals surface area contributed by atoms with Gasteiger partial charge >= 0.3 is 0 Å². The molecule has 1 saturated heterocycles. The van der Waals surface area contributed by atoms with Crippen molar-refractivity contribution in [1.29, 1.82) is 0 Å². The quantitative estimate of drug-likeness (QED) is 0.843. The number of anilines is 1. The van der Waals surface area contributed by atoms with Crippen molar-refractivity contribution in [3.05, 3.63) is 24.3 Å². The molecule has 1 unspecified atom stereocenters. The molecule has 1 atom stereocenters. The number of hydrogen-bond acceptors (Lipinski definition) is 4. The molecule has 5 nitrogen and oxygen atoms in total. The van der Waals surface area contributed by atoms with Gasteiger partial charge < -0.3 is 20.1 Å². The van der Waals surface area contributed by atoms with Crippen LogP contribution in [0.4, 0.5) is 5.69 Å². The predicted octanol–water partition coefficient (Wildman–Crippen LogP) is 0.771. The molecular weight excluding hydrogens is 244 g/mol. The standard InChI is InChI=1S/C14H20N2O3/c1-10(2)19-13-5-3-12(4-6-13)16-7-11(9-17)15-14(18)8-16/h3-6,10-11,17H,7-9H2,1-2H3,(H,15,18). The van der Waals surface area contributed by atoms with Gasteiger partial charge in [0.15, 0.2) is 0 Å². The Morgan fingerprint density at radius 2 is 2.11 bits per heavy atom. The molecule has 0 radical (unpaired) electrons. The van der Waals surface area contributed by atoms with Crippen LogP contribution in [0.5, 0.6) is 5.75 Å². The van der Waals surface area contributed by atoms with Crippen LogP contribution < -0.4 is 15.0 Å². The number of aliphatic hydroxyl groups excluding tert-OH is 1. The normalized spacial score (nSPS) is 19.5. The van der Waals surface area contributed by atoms with E-state index >= 15 is 0 Å². The maximum absolute atomic E-state index is 11.5. The van der Waals surface area contributed by atoms with Gasteiger partial charge in [0.2, 0.25) is 5.91 Å². The Bertz CT molecular complexity index is 431. The number of aliphatic hydroxyl groups is 1. The van der Waals surface area contributed by atoms with Gasteiger partial charge in [-0.05, 0) is 38.1 Å². The summed E-state index contributed by atoms with van der Waals surface area (Å²) in [6, 6.07) is 7.47. The summed E-state index contributed by atoms with van der Waals surface area (Å²) in [7, 11) is 0. The summed E-state index contributed by atoms with van der Waals surface area (Å²) >= 11 is 0. The molecule has 104 valence electrons. The number of nitrogens with zero attached hydrogens (tertiary/aromatic N) is 1. The lowest BCUT2D eigenvalue weighted by Gasteiger charge is -2.33. The predicted molar refractivity (Wildman–Crippen MR) is 73.4 cm³/mol. The molecule has 1 aliphatic heterocycles. The fraction of sp³-hybridized carbons (Fsp3) is 0.500. The highest BCUT2D eigenvalue weighted by molar-refractivity contribution is 5.83. The van der Waals surface area contributed by atoms with Gasteiger partial charge in [-0.2, -0.15) is 0 Å². The number of carbonyl (C=O) groups is 1. The molecule has 0 aliphatic carbocycles. The minimum Gasteiger partial charge on any atom is -0.491 e. The minimum absolute atomic E-state index is 0.0449. The highest BCUT2D eigenvalue weighted by Crippen LogP contribution is 2.21. The number of amides is 1. The Morgan fingerprint density at radius 3 is 2.68 bits per heavy atom. The molecule has 5 heteroatoms. The fourth-order valence-electron chi connectivity index (χ4n) is 2.13. The van der Waals surface area contributed by atoms with Crippen LogP contribution in [0.25, 0.3) is 0 Å². The molecule has 1 amide bonds. The smallest absolute Gasteiger partial charge is 0.239 e. The number of rotatable bonds is 4. The van der Waals surface area contributed by atoms with Crippen molar-refractivity contribution in [2.24, 2.45) is 0 Å². The Morgan fingerprint density at radius 1 is 1.42 bits per heavy atom. The summed E-state index contributed by atoms with van der Waals surface area (Å²) in [5, 5.41) is 11.9. The van der Waals surface area contributed by atoms with Gasteiger partial charge in [-0.15, -0.1) is 0 Å². The second kappa shape index (κ2) is 5.93. The summed E-state index contributed by atoms with van der Waals surface area (Å²) < 4.78 is 5.58. The average molecular weight is 264 g/mol. The minimum atomic E-state index is -0.201. The molecule has 0 aromatic heterocycles. The van der Waals surface area contributed by atoms with Crippen molar-refractivity contribution in [2.45, 2.75) is 26.0 Å². The third-order valence-corrected chi connectivity index (χ3v) is 2.93. The van der Waals surface area contributed by atoms with Crippen molar-refractivity contribution in [3.63, 3.8) is 0 Å². The fourth-order valence-corrected chi connectivity index (χ4v) is 2.13. The van der Waals surface area contributed by atoms with Crippen LogP contribution in [0.2, 0.25) is 0 Å². The van der Waals surface area contributed by atoms with E-state index in [1.54, 1.807) is 0 Å². The number of piperazine rings is 1. The lowest BCUT2D eigenvalue weighted by Crippen LogP contribution is -2.55. The molecule has 0 spiro atoms. The van der Waals surface area contributed by atoms with Crippen LogP contribution in [0.3, 0.4) is 0 Å². The van der Waals surface area contributed by atoms with E-state index in [2.05, 4.69) is 5.32 Å². The SMILES string of the molecule is CC(C)Oc1ccc(N2CC(=O)NC(CO)C2)cc1. The third kappa shape index (κ3) is 3.61. The van der Waals surface area contributed by atoms with Gasteiger partial charge in [0, 0.05) is 12.2 Å². The first-order chi connectivity index (χ1) is 9.08. The summed E-state index contributed by atoms with van der Waals surface area (Å²) in [5.41, 5.74) is 0.962. The maximum atomic E-state index is 11.5. The van der Waals surface area contributed by atoms with Crippen LogP contribution >= 0.6 is 0 Å². The van der Waals surface area contributed by atoms with Crippen LogP contribution in [-0.2, 0) is 4.79 Å². The molecule has 0 bridgehead atoms. The van der Waals surface area contributed by atoms with E-state index in [1.165, 1.54) is 0 Å². The molecular formula is C14H20N2O3. The van der Waals surface area contributed by atoms with E-state index in [4.69, 9.17) is 9.84 Å². The molecule has 1 fully saturated rings. The van der Waals surface area contributed by atoms with Crippen molar-refractivity contribution >= 4 is 11.6 Å². The number of benzene rings is 1. The Hall–Kier alpha value is -1.75. The number of nitrogens with one attached hydrogen (secondary N) is 1. The van der Waals surface area contributed by atoms with Crippen molar-refractivity contribution in [2.75, 3.05) is 24.6 Å². The zero-order valence-electron chi connectivity index (χ0n) is 11.3. The molecule has 1 aliphatic rings. The van der Waals surface area contributed by atoms with Crippen LogP contribution in [0.1, 0.15) is 13.8 Å². The molecule has 19 heavy (non-hydrogen) atoms. The Balaban J connectivity index is 2.06. The van der Waals surface area contributed by atoms with E-state index in [1.807, 2.05) is 43.0 Å². The van der Waals surface area contributed by atoms with Crippen molar-refractivity contribution in [1.82, 2.24) is 5.32 Å². The summed E-state index contributed by atoms with van der Waals surface area (Å²) in [5.74, 6) is 0.756. The third-order valence-electron chi connectivity index (χ3n) is 2.93. The first kappa shape index (κ1) is 13.7. The second-order valence-electron chi connectivity index (χ2n) is 4.99. The molecule has 1 aromatic carbocycles. The van der Waals surface area contributed by atoms with Crippen molar-refractivity contribution in [3.8, 4) is 5.75 Å². The average Bonchev–Trinajstić information content (AvgIpc) is 2.38. The zero-order chi connectivity index (χ0) is 13.8. The molecule has 2 N–H and O–H groups in total. The van der Waals surface area contributed by atoms with Gasteiger partial charge in [0.05, 0.1) is 25.3 Å². The van der Waals surface area contributed by atoms with Gasteiger partial charge in [0.1, 0.15) is 5.75 Å².